The van der Waals surface area contributed by atoms with Gasteiger partial charge in [0.15, 0.2) is 0 Å². The summed E-state index contributed by atoms with van der Waals surface area (Å²) in [7, 11) is 0. The second-order valence-corrected chi connectivity index (χ2v) is 7.36. The van der Waals surface area contributed by atoms with Gasteiger partial charge in [0.1, 0.15) is 17.2 Å². The van der Waals surface area contributed by atoms with Crippen LogP contribution in [0, 0.1) is 5.82 Å². The largest absolute Gasteiger partial charge is 0.394 e. The van der Waals surface area contributed by atoms with E-state index >= 15 is 0 Å². The summed E-state index contributed by atoms with van der Waals surface area (Å²) < 4.78 is 15.3. The zero-order valence-electron chi connectivity index (χ0n) is 16.2. The first kappa shape index (κ1) is 20.2. The molecule has 1 N–H and O–H groups in total. The van der Waals surface area contributed by atoms with Crippen molar-refractivity contribution >= 4 is 22.5 Å². The molecule has 7 heteroatoms. The molecule has 0 saturated heterocycles. The number of aliphatic hydroxyl groups excluding tert-OH is 1. The Morgan fingerprint density at radius 1 is 1.13 bits per heavy atom. The number of benzene rings is 2. The number of halogens is 2. The van der Waals surface area contributed by atoms with Gasteiger partial charge in [-0.2, -0.15) is 0 Å². The first-order chi connectivity index (χ1) is 14.5. The lowest BCUT2D eigenvalue weighted by atomic mass is 10.1. The fraction of sp³-hybridized carbons (Fsp3) is 0.174. The van der Waals surface area contributed by atoms with E-state index in [2.05, 4.69) is 4.98 Å². The highest BCUT2D eigenvalue weighted by atomic mass is 35.5. The van der Waals surface area contributed by atoms with Crippen molar-refractivity contribution in [3.63, 3.8) is 0 Å². The molecule has 30 heavy (non-hydrogen) atoms. The van der Waals surface area contributed by atoms with Crippen molar-refractivity contribution in [1.29, 1.82) is 0 Å². The standard InChI is InChI=1S/C23H19ClFN3O2/c1-2-18(13-29)28-22(14-6-8-16(24)9-7-14)27-21-19(23(28)30)10-11-26-20(21)15-4-3-5-17(25)12-15/h3-12,18,29H,2,13H2,1H3. The number of fused-ring (bicyclic) bond motifs is 1. The highest BCUT2D eigenvalue weighted by Crippen LogP contribution is 2.29. The Morgan fingerprint density at radius 3 is 2.57 bits per heavy atom. The molecule has 4 aromatic rings. The van der Waals surface area contributed by atoms with Crippen molar-refractivity contribution in [2.75, 3.05) is 6.61 Å². The quantitative estimate of drug-likeness (QED) is 0.497. The molecule has 1 atom stereocenters. The summed E-state index contributed by atoms with van der Waals surface area (Å²) in [6.07, 6.45) is 2.06. The average molecular weight is 424 g/mol. The highest BCUT2D eigenvalue weighted by molar-refractivity contribution is 6.30. The molecule has 2 aromatic heterocycles. The Morgan fingerprint density at radius 2 is 1.90 bits per heavy atom. The molecule has 0 radical (unpaired) electrons. The van der Waals surface area contributed by atoms with Gasteiger partial charge < -0.3 is 5.11 Å². The first-order valence-corrected chi connectivity index (χ1v) is 9.95. The second-order valence-electron chi connectivity index (χ2n) is 6.93. The predicted octanol–water partition coefficient (Wildman–Crippen LogP) is 4.86. The van der Waals surface area contributed by atoms with Crippen LogP contribution in [0.3, 0.4) is 0 Å². The molecule has 0 spiro atoms. The summed E-state index contributed by atoms with van der Waals surface area (Å²) in [6, 6.07) is 14.2. The molecule has 5 nitrogen and oxygen atoms in total. The zero-order valence-corrected chi connectivity index (χ0v) is 17.0. The third-order valence-electron chi connectivity index (χ3n) is 5.07. The first-order valence-electron chi connectivity index (χ1n) is 9.57. The van der Waals surface area contributed by atoms with Crippen LogP contribution in [0.15, 0.2) is 65.6 Å². The van der Waals surface area contributed by atoms with E-state index in [1.165, 1.54) is 22.9 Å². The maximum absolute atomic E-state index is 13.8. The zero-order chi connectivity index (χ0) is 21.3. The molecular weight excluding hydrogens is 405 g/mol. The van der Waals surface area contributed by atoms with Crippen LogP contribution in [0.2, 0.25) is 5.02 Å². The topological polar surface area (TPSA) is 68.0 Å². The van der Waals surface area contributed by atoms with Gasteiger partial charge in [-0.1, -0.05) is 30.7 Å². The molecule has 0 aliphatic carbocycles. The SMILES string of the molecule is CCC(CO)n1c(-c2ccc(Cl)cc2)nc2c(-c3cccc(F)c3)nccc2c1=O. The van der Waals surface area contributed by atoms with Crippen molar-refractivity contribution in [2.24, 2.45) is 0 Å². The van der Waals surface area contributed by atoms with Gasteiger partial charge in [0.05, 0.1) is 23.7 Å². The minimum atomic E-state index is -0.439. The Kier molecular flexibility index (Phi) is 5.61. The van der Waals surface area contributed by atoms with Crippen molar-refractivity contribution in [2.45, 2.75) is 19.4 Å². The molecular formula is C23H19ClFN3O2. The minimum Gasteiger partial charge on any atom is -0.394 e. The molecule has 0 fully saturated rings. The lowest BCUT2D eigenvalue weighted by Gasteiger charge is -2.21. The van der Waals surface area contributed by atoms with E-state index in [-0.39, 0.29) is 12.2 Å². The van der Waals surface area contributed by atoms with Gasteiger partial charge >= 0.3 is 0 Å². The molecule has 0 bridgehead atoms. The Labute approximate surface area is 177 Å². The predicted molar refractivity (Wildman–Crippen MR) is 116 cm³/mol. The van der Waals surface area contributed by atoms with Crippen LogP contribution in [-0.4, -0.2) is 26.2 Å². The summed E-state index contributed by atoms with van der Waals surface area (Å²) in [5, 5.41) is 10.8. The minimum absolute atomic E-state index is 0.202. The van der Waals surface area contributed by atoms with E-state index in [0.29, 0.717) is 45.0 Å². The van der Waals surface area contributed by atoms with Crippen LogP contribution < -0.4 is 5.56 Å². The molecule has 152 valence electrons. The van der Waals surface area contributed by atoms with E-state index in [0.717, 1.165) is 0 Å². The van der Waals surface area contributed by atoms with Crippen LogP contribution in [0.25, 0.3) is 33.5 Å². The third-order valence-corrected chi connectivity index (χ3v) is 5.32. The van der Waals surface area contributed by atoms with E-state index in [9.17, 15) is 14.3 Å². The third kappa shape index (κ3) is 3.60. The van der Waals surface area contributed by atoms with Crippen molar-refractivity contribution in [3.8, 4) is 22.6 Å². The Balaban J connectivity index is 2.09. The van der Waals surface area contributed by atoms with Crippen LogP contribution in [0.1, 0.15) is 19.4 Å². The van der Waals surface area contributed by atoms with Crippen LogP contribution >= 0.6 is 11.6 Å². The summed E-state index contributed by atoms with van der Waals surface area (Å²) >= 11 is 6.03. The number of hydrogen-bond acceptors (Lipinski definition) is 4. The maximum atomic E-state index is 13.8. The number of nitrogens with zero attached hydrogens (tertiary/aromatic N) is 3. The fourth-order valence-electron chi connectivity index (χ4n) is 3.51. The summed E-state index contributed by atoms with van der Waals surface area (Å²) in [4.78, 5) is 22.6. The summed E-state index contributed by atoms with van der Waals surface area (Å²) in [5.41, 5.74) is 1.72. The van der Waals surface area contributed by atoms with Crippen LogP contribution in [-0.2, 0) is 0 Å². The smallest absolute Gasteiger partial charge is 0.262 e. The lowest BCUT2D eigenvalue weighted by Crippen LogP contribution is -2.29. The van der Waals surface area contributed by atoms with E-state index in [4.69, 9.17) is 16.6 Å². The Bertz CT molecular complexity index is 1270. The normalized spacial score (nSPS) is 12.3. The Hall–Kier alpha value is -3.09. The molecule has 0 saturated carbocycles. The fourth-order valence-corrected chi connectivity index (χ4v) is 3.63. The van der Waals surface area contributed by atoms with Gasteiger partial charge in [0.25, 0.3) is 5.56 Å². The number of aliphatic hydroxyl groups is 1. The van der Waals surface area contributed by atoms with Gasteiger partial charge in [-0.25, -0.2) is 9.37 Å². The molecule has 0 aliphatic heterocycles. The molecule has 0 aliphatic rings. The van der Waals surface area contributed by atoms with Gasteiger partial charge in [-0.3, -0.25) is 14.3 Å². The monoisotopic (exact) mass is 423 g/mol. The van der Waals surface area contributed by atoms with Crippen LogP contribution in [0.4, 0.5) is 4.39 Å². The van der Waals surface area contributed by atoms with Crippen molar-refractivity contribution < 1.29 is 9.50 Å². The lowest BCUT2D eigenvalue weighted by molar-refractivity contribution is 0.222. The number of rotatable bonds is 5. The average Bonchev–Trinajstić information content (AvgIpc) is 2.76. The van der Waals surface area contributed by atoms with Crippen molar-refractivity contribution in [3.05, 3.63) is 82.0 Å². The maximum Gasteiger partial charge on any atom is 0.262 e. The number of aromatic nitrogens is 3. The van der Waals surface area contributed by atoms with Gasteiger partial charge in [-0.05, 0) is 48.9 Å². The van der Waals surface area contributed by atoms with E-state index < -0.39 is 11.9 Å². The molecule has 2 heterocycles. The highest BCUT2D eigenvalue weighted by Gasteiger charge is 2.21. The van der Waals surface area contributed by atoms with E-state index in [1.807, 2.05) is 6.92 Å². The van der Waals surface area contributed by atoms with Gasteiger partial charge in [-0.15, -0.1) is 0 Å². The van der Waals surface area contributed by atoms with E-state index in [1.54, 1.807) is 42.5 Å². The second kappa shape index (κ2) is 8.34. The molecule has 0 amide bonds. The van der Waals surface area contributed by atoms with Gasteiger partial charge in [0.2, 0.25) is 0 Å². The summed E-state index contributed by atoms with van der Waals surface area (Å²) in [5.74, 6) is -0.000355. The number of hydrogen-bond donors (Lipinski definition) is 1. The van der Waals surface area contributed by atoms with Crippen LogP contribution in [0.5, 0.6) is 0 Å². The number of pyridine rings is 1. The van der Waals surface area contributed by atoms with Crippen molar-refractivity contribution in [1.82, 2.24) is 14.5 Å². The molecule has 2 aromatic carbocycles. The van der Waals surface area contributed by atoms with Gasteiger partial charge in [0, 0.05) is 22.3 Å². The summed E-state index contributed by atoms with van der Waals surface area (Å²) in [6.45, 7) is 1.69. The molecule has 1 unspecified atom stereocenters. The molecule has 4 rings (SSSR count).